The third-order valence-corrected chi connectivity index (χ3v) is 4.91. The molecule has 0 aliphatic heterocycles. The fourth-order valence-electron chi connectivity index (χ4n) is 2.46. The van der Waals surface area contributed by atoms with E-state index in [1.165, 1.54) is 24.5 Å². The molecule has 0 spiro atoms. The highest BCUT2D eigenvalue weighted by Gasteiger charge is 2.13. The normalized spacial score (nSPS) is 12.7. The van der Waals surface area contributed by atoms with Gasteiger partial charge >= 0.3 is 0 Å². The highest BCUT2D eigenvalue weighted by atomic mass is 32.2. The smallest absolute Gasteiger partial charge is 0.175 e. The first-order chi connectivity index (χ1) is 12.7. The monoisotopic (exact) mass is 393 g/mol. The predicted octanol–water partition coefficient (Wildman–Crippen LogP) is 3.19. The van der Waals surface area contributed by atoms with Crippen LogP contribution in [0.5, 0.6) is 5.75 Å². The standard InChI is InChI=1S/C18H17F2N3O3S/c1-11(9-26-17-6-3-12(19)7-15(17)20)23-18-14-8-13(27(2,24)25)4-5-16(14)21-10-22-18/h3-8,10-11H,9H2,1-2H3,(H,21,22,23). The first kappa shape index (κ1) is 19.0. The lowest BCUT2D eigenvalue weighted by Crippen LogP contribution is -2.24. The van der Waals surface area contributed by atoms with Gasteiger partial charge in [-0.3, -0.25) is 0 Å². The van der Waals surface area contributed by atoms with E-state index in [9.17, 15) is 17.2 Å². The van der Waals surface area contributed by atoms with E-state index in [1.54, 1.807) is 13.0 Å². The number of benzene rings is 2. The second-order valence-electron chi connectivity index (χ2n) is 6.10. The molecule has 9 heteroatoms. The summed E-state index contributed by atoms with van der Waals surface area (Å²) in [5, 5.41) is 3.64. The Kier molecular flexibility index (Phi) is 5.22. The zero-order valence-electron chi connectivity index (χ0n) is 14.6. The zero-order valence-corrected chi connectivity index (χ0v) is 15.4. The van der Waals surface area contributed by atoms with Crippen molar-refractivity contribution in [2.45, 2.75) is 17.9 Å². The summed E-state index contributed by atoms with van der Waals surface area (Å²) < 4.78 is 55.5. The van der Waals surface area contributed by atoms with Gasteiger partial charge in [-0.1, -0.05) is 0 Å². The molecule has 1 atom stereocenters. The Morgan fingerprint density at radius 3 is 2.63 bits per heavy atom. The Hall–Kier alpha value is -2.81. The Morgan fingerprint density at radius 2 is 1.93 bits per heavy atom. The van der Waals surface area contributed by atoms with Gasteiger partial charge in [0.15, 0.2) is 21.4 Å². The maximum absolute atomic E-state index is 13.6. The molecule has 0 aliphatic carbocycles. The van der Waals surface area contributed by atoms with Crippen LogP contribution < -0.4 is 10.1 Å². The second kappa shape index (κ2) is 7.43. The predicted molar refractivity (Wildman–Crippen MR) is 97.6 cm³/mol. The summed E-state index contributed by atoms with van der Waals surface area (Å²) in [6.45, 7) is 1.87. The van der Waals surface area contributed by atoms with Gasteiger partial charge in [-0.05, 0) is 37.3 Å². The Morgan fingerprint density at radius 1 is 1.15 bits per heavy atom. The number of aromatic nitrogens is 2. The number of anilines is 1. The van der Waals surface area contributed by atoms with Crippen LogP contribution in [0.2, 0.25) is 0 Å². The summed E-state index contributed by atoms with van der Waals surface area (Å²) in [5.41, 5.74) is 0.581. The molecule has 0 amide bonds. The van der Waals surface area contributed by atoms with Gasteiger partial charge in [0.25, 0.3) is 0 Å². The van der Waals surface area contributed by atoms with E-state index in [0.717, 1.165) is 18.4 Å². The van der Waals surface area contributed by atoms with Gasteiger partial charge in [-0.2, -0.15) is 0 Å². The van der Waals surface area contributed by atoms with Crippen molar-refractivity contribution in [2.24, 2.45) is 0 Å². The van der Waals surface area contributed by atoms with Crippen molar-refractivity contribution in [2.75, 3.05) is 18.2 Å². The van der Waals surface area contributed by atoms with Crippen LogP contribution in [-0.2, 0) is 9.84 Å². The average Bonchev–Trinajstić information content (AvgIpc) is 2.60. The van der Waals surface area contributed by atoms with Crippen molar-refractivity contribution in [3.63, 3.8) is 0 Å². The number of ether oxygens (including phenoxy) is 1. The maximum atomic E-state index is 13.6. The lowest BCUT2D eigenvalue weighted by molar-refractivity contribution is 0.288. The number of nitrogens with one attached hydrogen (secondary N) is 1. The van der Waals surface area contributed by atoms with Gasteiger partial charge in [-0.15, -0.1) is 0 Å². The van der Waals surface area contributed by atoms with Crippen molar-refractivity contribution < 1.29 is 21.9 Å². The molecular formula is C18H17F2N3O3S. The second-order valence-corrected chi connectivity index (χ2v) is 8.12. The number of fused-ring (bicyclic) bond motifs is 1. The molecule has 0 saturated heterocycles. The highest BCUT2D eigenvalue weighted by molar-refractivity contribution is 7.90. The Bertz CT molecular complexity index is 1090. The summed E-state index contributed by atoms with van der Waals surface area (Å²) in [4.78, 5) is 8.44. The highest BCUT2D eigenvalue weighted by Crippen LogP contribution is 2.24. The van der Waals surface area contributed by atoms with Crippen LogP contribution in [0.1, 0.15) is 6.92 Å². The van der Waals surface area contributed by atoms with E-state index in [-0.39, 0.29) is 23.3 Å². The molecule has 142 valence electrons. The molecule has 2 aromatic carbocycles. The molecule has 1 N–H and O–H groups in total. The fraction of sp³-hybridized carbons (Fsp3) is 0.222. The van der Waals surface area contributed by atoms with E-state index in [1.807, 2.05) is 0 Å². The molecule has 0 bridgehead atoms. The third kappa shape index (κ3) is 4.48. The first-order valence-electron chi connectivity index (χ1n) is 8.03. The number of rotatable bonds is 6. The van der Waals surface area contributed by atoms with Crippen LogP contribution in [-0.4, -0.2) is 37.3 Å². The molecular weight excluding hydrogens is 376 g/mol. The molecule has 0 radical (unpaired) electrons. The molecule has 0 aliphatic rings. The first-order valence-corrected chi connectivity index (χ1v) is 9.92. The molecule has 0 fully saturated rings. The van der Waals surface area contributed by atoms with Crippen molar-refractivity contribution in [3.05, 3.63) is 54.4 Å². The van der Waals surface area contributed by atoms with Gasteiger partial charge in [0.1, 0.15) is 24.6 Å². The van der Waals surface area contributed by atoms with Gasteiger partial charge in [0, 0.05) is 17.7 Å². The van der Waals surface area contributed by atoms with Crippen LogP contribution >= 0.6 is 0 Å². The van der Waals surface area contributed by atoms with E-state index in [2.05, 4.69) is 15.3 Å². The summed E-state index contributed by atoms with van der Waals surface area (Å²) in [6.07, 6.45) is 2.48. The summed E-state index contributed by atoms with van der Waals surface area (Å²) in [5.74, 6) is -1.09. The molecule has 1 unspecified atom stereocenters. The number of nitrogens with zero attached hydrogens (tertiary/aromatic N) is 2. The maximum Gasteiger partial charge on any atom is 0.175 e. The van der Waals surface area contributed by atoms with Gasteiger partial charge in [0.2, 0.25) is 0 Å². The molecule has 1 aromatic heterocycles. The van der Waals surface area contributed by atoms with Crippen molar-refractivity contribution in [3.8, 4) is 5.75 Å². The number of hydrogen-bond donors (Lipinski definition) is 1. The minimum atomic E-state index is -3.37. The summed E-state index contributed by atoms with van der Waals surface area (Å²) in [6, 6.07) is 7.37. The molecule has 3 rings (SSSR count). The van der Waals surface area contributed by atoms with Crippen LogP contribution in [0.4, 0.5) is 14.6 Å². The van der Waals surface area contributed by atoms with E-state index < -0.39 is 21.5 Å². The van der Waals surface area contributed by atoms with E-state index >= 15 is 0 Å². The van der Waals surface area contributed by atoms with Crippen LogP contribution in [0.15, 0.2) is 47.6 Å². The van der Waals surface area contributed by atoms with Crippen molar-refractivity contribution in [1.29, 1.82) is 0 Å². The fourth-order valence-corrected chi connectivity index (χ4v) is 3.11. The molecule has 1 heterocycles. The molecule has 6 nitrogen and oxygen atoms in total. The number of sulfone groups is 1. The van der Waals surface area contributed by atoms with E-state index in [0.29, 0.717) is 16.7 Å². The van der Waals surface area contributed by atoms with Crippen LogP contribution in [0, 0.1) is 11.6 Å². The quantitative estimate of drug-likeness (QED) is 0.693. The Balaban J connectivity index is 1.79. The van der Waals surface area contributed by atoms with Crippen LogP contribution in [0.25, 0.3) is 10.9 Å². The van der Waals surface area contributed by atoms with Crippen molar-refractivity contribution in [1.82, 2.24) is 9.97 Å². The topological polar surface area (TPSA) is 81.2 Å². The lowest BCUT2D eigenvalue weighted by Gasteiger charge is -2.17. The zero-order chi connectivity index (χ0) is 19.6. The number of halogens is 2. The molecule has 27 heavy (non-hydrogen) atoms. The lowest BCUT2D eigenvalue weighted by atomic mass is 10.2. The van der Waals surface area contributed by atoms with Crippen LogP contribution in [0.3, 0.4) is 0 Å². The average molecular weight is 393 g/mol. The SMILES string of the molecule is CC(COc1ccc(F)cc1F)Nc1ncnc2ccc(S(C)(=O)=O)cc12. The van der Waals surface area contributed by atoms with E-state index in [4.69, 9.17) is 4.74 Å². The summed E-state index contributed by atoms with van der Waals surface area (Å²) >= 11 is 0. The Labute approximate surface area is 155 Å². The third-order valence-electron chi connectivity index (χ3n) is 3.80. The summed E-state index contributed by atoms with van der Waals surface area (Å²) in [7, 11) is -3.37. The number of hydrogen-bond acceptors (Lipinski definition) is 6. The molecule has 3 aromatic rings. The minimum absolute atomic E-state index is 0.0584. The largest absolute Gasteiger partial charge is 0.488 e. The van der Waals surface area contributed by atoms with Crippen molar-refractivity contribution >= 4 is 26.6 Å². The minimum Gasteiger partial charge on any atom is -0.488 e. The van der Waals surface area contributed by atoms with Gasteiger partial charge in [-0.25, -0.2) is 27.2 Å². The molecule has 0 saturated carbocycles. The van der Waals surface area contributed by atoms with Gasteiger partial charge in [0.05, 0.1) is 16.5 Å². The van der Waals surface area contributed by atoms with Gasteiger partial charge < -0.3 is 10.1 Å².